The fourth-order valence-corrected chi connectivity index (χ4v) is 4.95. The van der Waals surface area contributed by atoms with Gasteiger partial charge >= 0.3 is 0 Å². The molecule has 0 radical (unpaired) electrons. The number of aromatic nitrogens is 2. The van der Waals surface area contributed by atoms with Crippen molar-refractivity contribution in [3.63, 3.8) is 0 Å². The number of halogens is 1. The normalized spacial score (nSPS) is 20.6. The van der Waals surface area contributed by atoms with Gasteiger partial charge < -0.3 is 9.67 Å². The van der Waals surface area contributed by atoms with Crippen LogP contribution in [0.3, 0.4) is 0 Å². The van der Waals surface area contributed by atoms with Crippen molar-refractivity contribution in [2.24, 2.45) is 0 Å². The van der Waals surface area contributed by atoms with Crippen LogP contribution in [0.25, 0.3) is 10.9 Å². The van der Waals surface area contributed by atoms with Gasteiger partial charge in [0.25, 0.3) is 0 Å². The molecule has 27 heavy (non-hydrogen) atoms. The monoisotopic (exact) mass is 381 g/mol. The van der Waals surface area contributed by atoms with Crippen molar-refractivity contribution in [1.82, 2.24) is 14.5 Å². The molecule has 1 fully saturated rings. The third-order valence-electron chi connectivity index (χ3n) is 6.22. The summed E-state index contributed by atoms with van der Waals surface area (Å²) in [6.45, 7) is 4.62. The predicted molar refractivity (Wildman–Crippen MR) is 108 cm³/mol. The van der Waals surface area contributed by atoms with Gasteiger partial charge in [0.1, 0.15) is 0 Å². The standard InChI is InChI=1S/C22H24ClN3O/c1-14-4-5-15(11-24-14)22(27)13-26-20-9-16(23)6-7-18(20)19-10-17-3-2-8-25(17)12-21(19)26/h4-7,9,11,17,22,27H,2-3,8,10,12-13H2,1H3. The van der Waals surface area contributed by atoms with Gasteiger partial charge in [0.2, 0.25) is 0 Å². The van der Waals surface area contributed by atoms with Crippen molar-refractivity contribution in [1.29, 1.82) is 0 Å². The fraction of sp³-hybridized carbons (Fsp3) is 0.409. The molecule has 5 heteroatoms. The van der Waals surface area contributed by atoms with Crippen LogP contribution in [0, 0.1) is 6.92 Å². The second-order valence-electron chi connectivity index (χ2n) is 7.92. The van der Waals surface area contributed by atoms with E-state index in [9.17, 15) is 5.11 Å². The van der Waals surface area contributed by atoms with E-state index in [1.54, 1.807) is 6.20 Å². The number of hydrogen-bond donors (Lipinski definition) is 1. The molecule has 0 aliphatic carbocycles. The van der Waals surface area contributed by atoms with Crippen LogP contribution in [-0.2, 0) is 19.5 Å². The van der Waals surface area contributed by atoms with Gasteiger partial charge in [0, 0.05) is 46.1 Å². The molecule has 1 aromatic carbocycles. The lowest BCUT2D eigenvalue weighted by atomic mass is 9.97. The van der Waals surface area contributed by atoms with Crippen LogP contribution in [0.15, 0.2) is 36.5 Å². The zero-order chi connectivity index (χ0) is 18.5. The van der Waals surface area contributed by atoms with Crippen LogP contribution < -0.4 is 0 Å². The van der Waals surface area contributed by atoms with E-state index in [0.29, 0.717) is 12.6 Å². The molecular weight excluding hydrogens is 358 g/mol. The molecule has 2 unspecified atom stereocenters. The highest BCUT2D eigenvalue weighted by molar-refractivity contribution is 6.31. The van der Waals surface area contributed by atoms with Gasteiger partial charge in [-0.15, -0.1) is 0 Å². The first-order valence-electron chi connectivity index (χ1n) is 9.74. The Labute approximate surface area is 164 Å². The average molecular weight is 382 g/mol. The minimum absolute atomic E-state index is 0.523. The number of fused-ring (bicyclic) bond motifs is 4. The highest BCUT2D eigenvalue weighted by atomic mass is 35.5. The maximum Gasteiger partial charge on any atom is 0.0983 e. The van der Waals surface area contributed by atoms with Crippen LogP contribution in [0.2, 0.25) is 5.02 Å². The van der Waals surface area contributed by atoms with E-state index in [0.717, 1.165) is 34.8 Å². The molecule has 140 valence electrons. The largest absolute Gasteiger partial charge is 0.386 e. The Bertz CT molecular complexity index is 995. The van der Waals surface area contributed by atoms with Gasteiger partial charge in [-0.3, -0.25) is 9.88 Å². The zero-order valence-electron chi connectivity index (χ0n) is 15.5. The number of pyridine rings is 1. The molecule has 0 amide bonds. The highest BCUT2D eigenvalue weighted by Crippen LogP contribution is 2.38. The summed E-state index contributed by atoms with van der Waals surface area (Å²) < 4.78 is 2.29. The fourth-order valence-electron chi connectivity index (χ4n) is 4.78. The SMILES string of the molecule is Cc1ccc(C(O)Cn2c3c(c4ccc(Cl)cc42)CC2CCCN2C3)cn1. The quantitative estimate of drug-likeness (QED) is 0.737. The molecule has 4 heterocycles. The lowest BCUT2D eigenvalue weighted by molar-refractivity contribution is 0.152. The number of aliphatic hydroxyl groups is 1. The highest BCUT2D eigenvalue weighted by Gasteiger charge is 2.33. The molecule has 3 aromatic rings. The van der Waals surface area contributed by atoms with Crippen molar-refractivity contribution in [2.45, 2.75) is 51.4 Å². The molecule has 2 aliphatic rings. The minimum Gasteiger partial charge on any atom is -0.386 e. The van der Waals surface area contributed by atoms with E-state index in [1.807, 2.05) is 31.2 Å². The predicted octanol–water partition coefficient (Wildman–Crippen LogP) is 4.25. The number of aliphatic hydroxyl groups excluding tert-OH is 1. The smallest absolute Gasteiger partial charge is 0.0983 e. The van der Waals surface area contributed by atoms with Gasteiger partial charge in [0.05, 0.1) is 18.2 Å². The average Bonchev–Trinajstić information content (AvgIpc) is 3.23. The van der Waals surface area contributed by atoms with Crippen molar-refractivity contribution in [3.05, 3.63) is 64.1 Å². The third-order valence-corrected chi connectivity index (χ3v) is 6.45. The molecule has 0 saturated carbocycles. The summed E-state index contributed by atoms with van der Waals surface area (Å²) in [6.07, 6.45) is 4.87. The van der Waals surface area contributed by atoms with Gasteiger partial charge in [-0.2, -0.15) is 0 Å². The molecular formula is C22H24ClN3O. The van der Waals surface area contributed by atoms with E-state index in [2.05, 4.69) is 20.5 Å². The van der Waals surface area contributed by atoms with Gasteiger partial charge in [-0.25, -0.2) is 0 Å². The number of nitrogens with zero attached hydrogens (tertiary/aromatic N) is 3. The number of benzene rings is 1. The van der Waals surface area contributed by atoms with Crippen LogP contribution >= 0.6 is 11.6 Å². The Morgan fingerprint density at radius 3 is 3.00 bits per heavy atom. The number of hydrogen-bond acceptors (Lipinski definition) is 3. The van der Waals surface area contributed by atoms with Gasteiger partial charge in [-0.1, -0.05) is 23.7 Å². The summed E-state index contributed by atoms with van der Waals surface area (Å²) >= 11 is 6.32. The van der Waals surface area contributed by atoms with Crippen molar-refractivity contribution < 1.29 is 5.11 Å². The summed E-state index contributed by atoms with van der Waals surface area (Å²) in [4.78, 5) is 6.93. The molecule has 1 saturated heterocycles. The number of aryl methyl sites for hydroxylation is 1. The van der Waals surface area contributed by atoms with Crippen LogP contribution in [0.4, 0.5) is 0 Å². The van der Waals surface area contributed by atoms with E-state index in [-0.39, 0.29) is 0 Å². The van der Waals surface area contributed by atoms with Crippen molar-refractivity contribution in [3.8, 4) is 0 Å². The van der Waals surface area contributed by atoms with Crippen LogP contribution in [0.5, 0.6) is 0 Å². The van der Waals surface area contributed by atoms with Crippen molar-refractivity contribution in [2.75, 3.05) is 6.54 Å². The van der Waals surface area contributed by atoms with Crippen LogP contribution in [0.1, 0.15) is 41.5 Å². The third kappa shape index (κ3) is 2.96. The van der Waals surface area contributed by atoms with Gasteiger partial charge in [0.15, 0.2) is 0 Å². The summed E-state index contributed by atoms with van der Waals surface area (Å²) in [5.74, 6) is 0. The zero-order valence-corrected chi connectivity index (χ0v) is 16.3. The molecule has 1 N–H and O–H groups in total. The molecule has 5 rings (SSSR count). The topological polar surface area (TPSA) is 41.3 Å². The second-order valence-corrected chi connectivity index (χ2v) is 8.35. The van der Waals surface area contributed by atoms with E-state index in [4.69, 9.17) is 11.6 Å². The van der Waals surface area contributed by atoms with Crippen molar-refractivity contribution >= 4 is 22.5 Å². The first-order chi connectivity index (χ1) is 13.1. The Balaban J connectivity index is 1.58. The number of rotatable bonds is 3. The maximum absolute atomic E-state index is 10.9. The Morgan fingerprint density at radius 2 is 2.19 bits per heavy atom. The maximum atomic E-state index is 10.9. The van der Waals surface area contributed by atoms with E-state index < -0.39 is 6.10 Å². The van der Waals surface area contributed by atoms with E-state index in [1.165, 1.54) is 36.0 Å². The lowest BCUT2D eigenvalue weighted by Crippen LogP contribution is -2.36. The molecule has 2 aromatic heterocycles. The summed E-state index contributed by atoms with van der Waals surface area (Å²) in [7, 11) is 0. The Hall–Kier alpha value is -1.88. The summed E-state index contributed by atoms with van der Waals surface area (Å²) in [5, 5.41) is 12.9. The van der Waals surface area contributed by atoms with Gasteiger partial charge in [-0.05, 0) is 56.5 Å². The van der Waals surface area contributed by atoms with Crippen LogP contribution in [-0.4, -0.2) is 32.1 Å². The Morgan fingerprint density at radius 1 is 1.30 bits per heavy atom. The molecule has 4 nitrogen and oxygen atoms in total. The molecule has 0 bridgehead atoms. The molecule has 0 spiro atoms. The summed E-state index contributed by atoms with van der Waals surface area (Å²) in [6, 6.07) is 10.8. The Kier molecular flexibility index (Phi) is 4.23. The minimum atomic E-state index is -0.590. The summed E-state index contributed by atoms with van der Waals surface area (Å²) in [5.41, 5.74) is 5.73. The van der Waals surface area contributed by atoms with E-state index >= 15 is 0 Å². The molecule has 2 aliphatic heterocycles. The first kappa shape index (κ1) is 17.2. The molecule has 2 atom stereocenters. The first-order valence-corrected chi connectivity index (χ1v) is 10.1. The lowest BCUT2D eigenvalue weighted by Gasteiger charge is -2.31. The second kappa shape index (κ2) is 6.62.